The van der Waals surface area contributed by atoms with Crippen molar-refractivity contribution in [3.63, 3.8) is 0 Å². The fourth-order valence-electron chi connectivity index (χ4n) is 5.31. The summed E-state index contributed by atoms with van der Waals surface area (Å²) in [4.78, 5) is 15.2. The molecule has 2 aromatic rings. The Morgan fingerprint density at radius 2 is 1.78 bits per heavy atom. The van der Waals surface area contributed by atoms with E-state index < -0.39 is 11.9 Å². The minimum atomic E-state index is -0.893. The molecule has 37 heavy (non-hydrogen) atoms. The molecule has 1 atom stereocenters. The van der Waals surface area contributed by atoms with Crippen LogP contribution in [0, 0.1) is 5.41 Å². The molecule has 1 spiro atoms. The molecule has 200 valence electrons. The maximum atomic E-state index is 11.4. The number of amides is 1. The van der Waals surface area contributed by atoms with Gasteiger partial charge < -0.3 is 29.0 Å². The van der Waals surface area contributed by atoms with Gasteiger partial charge in [0.25, 0.3) is 0 Å². The van der Waals surface area contributed by atoms with E-state index in [0.29, 0.717) is 32.5 Å². The number of carbonyl (C=O) groups is 1. The molecule has 1 N–H and O–H groups in total. The number of hydrogen-bond acceptors (Lipinski definition) is 6. The van der Waals surface area contributed by atoms with E-state index in [0.717, 1.165) is 61.0 Å². The number of benzene rings is 2. The lowest BCUT2D eigenvalue weighted by atomic mass is 9.82. The summed E-state index contributed by atoms with van der Waals surface area (Å²) in [6, 6.07) is 14.5. The highest BCUT2D eigenvalue weighted by Crippen LogP contribution is 2.50. The summed E-state index contributed by atoms with van der Waals surface area (Å²) in [7, 11) is 0. The van der Waals surface area contributed by atoms with Crippen LogP contribution in [-0.4, -0.2) is 79.3 Å². The van der Waals surface area contributed by atoms with Crippen LogP contribution < -0.4 is 9.47 Å². The van der Waals surface area contributed by atoms with Gasteiger partial charge in [-0.2, -0.15) is 0 Å². The van der Waals surface area contributed by atoms with Crippen molar-refractivity contribution in [3.8, 4) is 22.6 Å². The number of nitrogens with zero attached hydrogens (tertiary/aromatic N) is 2. The average molecular weight is 511 g/mol. The van der Waals surface area contributed by atoms with Crippen molar-refractivity contribution in [1.82, 2.24) is 9.80 Å². The Morgan fingerprint density at radius 3 is 2.49 bits per heavy atom. The first-order valence-corrected chi connectivity index (χ1v) is 13.2. The molecule has 0 bridgehead atoms. The number of carboxylic acid groups (broad SMARTS) is 1. The van der Waals surface area contributed by atoms with Gasteiger partial charge in [-0.3, -0.25) is 4.90 Å². The fraction of sp³-hybridized carbons (Fsp3) is 0.552. The zero-order valence-corrected chi connectivity index (χ0v) is 22.1. The molecule has 3 heterocycles. The second kappa shape index (κ2) is 10.5. The number of rotatable bonds is 5. The van der Waals surface area contributed by atoms with Gasteiger partial charge >= 0.3 is 6.09 Å². The largest absolute Gasteiger partial charge is 0.492 e. The van der Waals surface area contributed by atoms with Crippen molar-refractivity contribution in [2.75, 3.05) is 52.5 Å². The summed E-state index contributed by atoms with van der Waals surface area (Å²) in [5.41, 5.74) is 3.01. The van der Waals surface area contributed by atoms with Crippen LogP contribution >= 0.6 is 0 Å². The summed E-state index contributed by atoms with van der Waals surface area (Å²) in [5.74, 6) is 0.872. The topological polar surface area (TPSA) is 80.7 Å². The van der Waals surface area contributed by atoms with Crippen LogP contribution in [0.25, 0.3) is 11.1 Å². The molecule has 0 aromatic heterocycles. The van der Waals surface area contributed by atoms with E-state index in [9.17, 15) is 9.90 Å². The second-order valence-electron chi connectivity index (χ2n) is 11.2. The van der Waals surface area contributed by atoms with E-state index in [1.807, 2.05) is 18.2 Å². The van der Waals surface area contributed by atoms with Crippen LogP contribution in [-0.2, 0) is 9.47 Å². The number of hydrogen-bond donors (Lipinski definition) is 1. The molecule has 8 heteroatoms. The quantitative estimate of drug-likeness (QED) is 0.604. The SMILES string of the molecule is CC(C)(C)C1OC2(CCN(C(=O)O)CC2)Oc2ccc(-c3cccc(OCCN4CCOCC4)c3)cc21. The van der Waals surface area contributed by atoms with Gasteiger partial charge in [0.1, 0.15) is 18.1 Å². The van der Waals surface area contributed by atoms with Gasteiger partial charge in [-0.25, -0.2) is 4.79 Å². The lowest BCUT2D eigenvalue weighted by Crippen LogP contribution is -2.54. The van der Waals surface area contributed by atoms with Crippen LogP contribution in [0.4, 0.5) is 4.79 Å². The third kappa shape index (κ3) is 5.87. The second-order valence-corrected chi connectivity index (χ2v) is 11.2. The van der Waals surface area contributed by atoms with E-state index >= 15 is 0 Å². The number of likely N-dealkylation sites (tertiary alicyclic amines) is 1. The number of morpholine rings is 1. The van der Waals surface area contributed by atoms with Crippen molar-refractivity contribution in [3.05, 3.63) is 48.0 Å². The van der Waals surface area contributed by atoms with Gasteiger partial charge in [-0.15, -0.1) is 0 Å². The first-order valence-electron chi connectivity index (χ1n) is 13.2. The number of ether oxygens (including phenoxy) is 4. The minimum absolute atomic E-state index is 0.168. The van der Waals surface area contributed by atoms with E-state index in [1.165, 1.54) is 4.90 Å². The number of piperidine rings is 1. The molecule has 5 rings (SSSR count). The fourth-order valence-corrected chi connectivity index (χ4v) is 5.31. The average Bonchev–Trinajstić information content (AvgIpc) is 2.88. The van der Waals surface area contributed by atoms with Gasteiger partial charge in [0, 0.05) is 51.1 Å². The van der Waals surface area contributed by atoms with Crippen molar-refractivity contribution in [2.24, 2.45) is 5.41 Å². The molecule has 2 fully saturated rings. The van der Waals surface area contributed by atoms with E-state index in [2.05, 4.69) is 49.9 Å². The Labute approximate surface area is 219 Å². The molecule has 0 radical (unpaired) electrons. The highest BCUT2D eigenvalue weighted by molar-refractivity contribution is 5.68. The molecule has 3 aliphatic rings. The maximum absolute atomic E-state index is 11.4. The third-order valence-electron chi connectivity index (χ3n) is 7.45. The molecule has 0 saturated carbocycles. The summed E-state index contributed by atoms with van der Waals surface area (Å²) in [6.07, 6.45) is -0.0516. The summed E-state index contributed by atoms with van der Waals surface area (Å²) < 4.78 is 24.6. The molecule has 1 amide bonds. The molecule has 0 aliphatic carbocycles. The third-order valence-corrected chi connectivity index (χ3v) is 7.45. The predicted octanol–water partition coefficient (Wildman–Crippen LogP) is 5.03. The highest BCUT2D eigenvalue weighted by atomic mass is 16.7. The Morgan fingerprint density at radius 1 is 1.05 bits per heavy atom. The van der Waals surface area contributed by atoms with E-state index in [1.54, 1.807) is 0 Å². The van der Waals surface area contributed by atoms with E-state index in [4.69, 9.17) is 18.9 Å². The lowest BCUT2D eigenvalue weighted by Gasteiger charge is -2.49. The maximum Gasteiger partial charge on any atom is 0.407 e. The zero-order valence-electron chi connectivity index (χ0n) is 22.1. The van der Waals surface area contributed by atoms with Gasteiger partial charge in [-0.05, 0) is 40.8 Å². The van der Waals surface area contributed by atoms with Crippen molar-refractivity contribution in [2.45, 2.75) is 45.5 Å². The summed E-state index contributed by atoms with van der Waals surface area (Å²) in [5, 5.41) is 9.36. The van der Waals surface area contributed by atoms with Gasteiger partial charge in [0.05, 0.1) is 19.3 Å². The first kappa shape index (κ1) is 25.8. The van der Waals surface area contributed by atoms with Crippen molar-refractivity contribution < 1.29 is 28.8 Å². The van der Waals surface area contributed by atoms with Gasteiger partial charge in [0.15, 0.2) is 0 Å². The predicted molar refractivity (Wildman–Crippen MR) is 140 cm³/mol. The van der Waals surface area contributed by atoms with Crippen LogP contribution in [0.2, 0.25) is 0 Å². The molecule has 2 aromatic carbocycles. The normalized spacial score (nSPS) is 21.8. The zero-order chi connectivity index (χ0) is 26.0. The Hall–Kier alpha value is -2.81. The van der Waals surface area contributed by atoms with Gasteiger partial charge in [-0.1, -0.05) is 39.0 Å². The van der Waals surface area contributed by atoms with Gasteiger partial charge in [0.2, 0.25) is 5.79 Å². The monoisotopic (exact) mass is 510 g/mol. The van der Waals surface area contributed by atoms with E-state index in [-0.39, 0.29) is 11.5 Å². The minimum Gasteiger partial charge on any atom is -0.492 e. The highest BCUT2D eigenvalue weighted by Gasteiger charge is 2.48. The molecule has 8 nitrogen and oxygen atoms in total. The van der Waals surface area contributed by atoms with Crippen LogP contribution in [0.15, 0.2) is 42.5 Å². The van der Waals surface area contributed by atoms with Crippen molar-refractivity contribution >= 4 is 6.09 Å². The lowest BCUT2D eigenvalue weighted by molar-refractivity contribution is -0.266. The summed E-state index contributed by atoms with van der Waals surface area (Å²) in [6.45, 7) is 12.3. The number of fused-ring (bicyclic) bond motifs is 1. The Bertz CT molecular complexity index is 1100. The van der Waals surface area contributed by atoms with Crippen LogP contribution in [0.5, 0.6) is 11.5 Å². The Kier molecular flexibility index (Phi) is 7.34. The Balaban J connectivity index is 1.33. The van der Waals surface area contributed by atoms with Crippen LogP contribution in [0.1, 0.15) is 45.3 Å². The molecule has 2 saturated heterocycles. The molecular weight excluding hydrogens is 472 g/mol. The standard InChI is InChI=1S/C29H38N2O6/c1-28(2,3)26-24-20-22(7-8-25(24)36-29(37-26)9-11-31(12-10-29)27(32)33)21-5-4-6-23(19-21)35-18-15-30-13-16-34-17-14-30/h4-8,19-20,26H,9-18H2,1-3H3,(H,32,33). The molecule has 1 unspecified atom stereocenters. The smallest absolute Gasteiger partial charge is 0.407 e. The van der Waals surface area contributed by atoms with Crippen LogP contribution in [0.3, 0.4) is 0 Å². The first-order chi connectivity index (χ1) is 17.7. The molecule has 3 aliphatic heterocycles. The molecular formula is C29H38N2O6. The van der Waals surface area contributed by atoms with Crippen molar-refractivity contribution in [1.29, 1.82) is 0 Å². The summed E-state index contributed by atoms with van der Waals surface area (Å²) >= 11 is 0.